The normalized spacial score (nSPS) is 14.1. The number of ether oxygens (including phenoxy) is 1. The predicted molar refractivity (Wildman–Crippen MR) is 62.6 cm³/mol. The lowest BCUT2D eigenvalue weighted by Crippen LogP contribution is -2.37. The van der Waals surface area contributed by atoms with Crippen molar-refractivity contribution in [3.8, 4) is 0 Å². The molecule has 7 heteroatoms. The Morgan fingerprint density at radius 3 is 2.67 bits per heavy atom. The maximum atomic E-state index is 12.6. The summed E-state index contributed by atoms with van der Waals surface area (Å²) in [6.45, 7) is -1.29. The van der Waals surface area contributed by atoms with E-state index in [0.29, 0.717) is 6.42 Å². The Kier molecular flexibility index (Phi) is 6.04. The monoisotopic (exact) mass is 285 g/mol. The minimum atomic E-state index is -4.08. The molecule has 1 atom stereocenters. The van der Waals surface area contributed by atoms with Crippen LogP contribution < -0.4 is 5.32 Å². The highest BCUT2D eigenvalue weighted by molar-refractivity contribution is 7.09. The van der Waals surface area contributed by atoms with Gasteiger partial charge in [-0.3, -0.25) is 0 Å². The molecule has 1 rings (SSSR count). The Hall–Kier alpha value is -0.660. The van der Waals surface area contributed by atoms with E-state index in [-0.39, 0.29) is 12.6 Å². The largest absolute Gasteiger partial charge is 0.373 e. The van der Waals surface area contributed by atoms with Gasteiger partial charge in [-0.25, -0.2) is 8.78 Å². The molecule has 0 aliphatic rings. The predicted octanol–water partition coefficient (Wildman–Crippen LogP) is 2.80. The standard InChI is InChI=1S/C11H15F4NOS/c1-16-8(5-9-3-2-4-18-9)6-17-7-11(14,15)10(12)13/h2-4,8,10,16H,5-7H2,1H3. The molecular formula is C11H15F4NOS. The van der Waals surface area contributed by atoms with Crippen LogP contribution in [0.4, 0.5) is 17.6 Å². The second-order valence-corrected chi connectivity index (χ2v) is 4.88. The first kappa shape index (κ1) is 15.4. The topological polar surface area (TPSA) is 21.3 Å². The molecule has 0 saturated carbocycles. The number of thiophene rings is 1. The van der Waals surface area contributed by atoms with Crippen molar-refractivity contribution in [1.29, 1.82) is 0 Å². The zero-order chi connectivity index (χ0) is 13.6. The lowest BCUT2D eigenvalue weighted by molar-refractivity contribution is -0.166. The van der Waals surface area contributed by atoms with Gasteiger partial charge >= 0.3 is 12.3 Å². The Balaban J connectivity index is 2.32. The molecule has 0 aliphatic heterocycles. The van der Waals surface area contributed by atoms with Crippen LogP contribution in [0.15, 0.2) is 17.5 Å². The van der Waals surface area contributed by atoms with Crippen molar-refractivity contribution in [1.82, 2.24) is 5.32 Å². The van der Waals surface area contributed by atoms with Crippen molar-refractivity contribution >= 4 is 11.3 Å². The maximum Gasteiger partial charge on any atom is 0.330 e. The van der Waals surface area contributed by atoms with Crippen LogP contribution in [0.1, 0.15) is 4.88 Å². The Bertz CT molecular complexity index is 332. The second kappa shape index (κ2) is 7.06. The fraction of sp³-hybridized carbons (Fsp3) is 0.636. The number of hydrogen-bond acceptors (Lipinski definition) is 3. The van der Waals surface area contributed by atoms with Gasteiger partial charge in [0.2, 0.25) is 0 Å². The molecule has 104 valence electrons. The zero-order valence-electron chi connectivity index (χ0n) is 9.84. The summed E-state index contributed by atoms with van der Waals surface area (Å²) in [5.74, 6) is -4.08. The zero-order valence-corrected chi connectivity index (χ0v) is 10.7. The van der Waals surface area contributed by atoms with E-state index in [0.717, 1.165) is 4.88 Å². The Labute approximate surface area is 107 Å². The molecule has 1 aromatic rings. The molecule has 0 aromatic carbocycles. The first-order valence-corrected chi connectivity index (χ1v) is 6.27. The molecule has 0 fully saturated rings. The van der Waals surface area contributed by atoms with Gasteiger partial charge in [0.1, 0.15) is 6.61 Å². The van der Waals surface area contributed by atoms with E-state index in [4.69, 9.17) is 0 Å². The summed E-state index contributed by atoms with van der Waals surface area (Å²) in [6.07, 6.45) is -3.07. The smallest absolute Gasteiger partial charge is 0.330 e. The van der Waals surface area contributed by atoms with E-state index < -0.39 is 19.0 Å². The molecule has 0 spiro atoms. The van der Waals surface area contributed by atoms with Gasteiger partial charge in [0, 0.05) is 10.9 Å². The lowest BCUT2D eigenvalue weighted by atomic mass is 10.2. The molecule has 18 heavy (non-hydrogen) atoms. The summed E-state index contributed by atoms with van der Waals surface area (Å²) in [4.78, 5) is 1.08. The van der Waals surface area contributed by atoms with Gasteiger partial charge in [-0.1, -0.05) is 6.07 Å². The summed E-state index contributed by atoms with van der Waals surface area (Å²) < 4.78 is 53.6. The SMILES string of the molecule is CNC(COCC(F)(F)C(F)F)Cc1cccs1. The minimum absolute atomic E-state index is 0.0310. The molecule has 1 heterocycles. The molecule has 1 aromatic heterocycles. The van der Waals surface area contributed by atoms with Crippen LogP contribution in [0.3, 0.4) is 0 Å². The van der Waals surface area contributed by atoms with Gasteiger partial charge in [0.25, 0.3) is 0 Å². The molecule has 0 aliphatic carbocycles. The first-order chi connectivity index (χ1) is 8.45. The molecular weight excluding hydrogens is 270 g/mol. The third kappa shape index (κ3) is 4.91. The molecule has 2 nitrogen and oxygen atoms in total. The Morgan fingerprint density at radius 1 is 1.44 bits per heavy atom. The van der Waals surface area contributed by atoms with Gasteiger partial charge in [0.05, 0.1) is 6.61 Å². The highest BCUT2D eigenvalue weighted by atomic mass is 32.1. The molecule has 1 N–H and O–H groups in total. The van der Waals surface area contributed by atoms with Crippen LogP contribution in [-0.4, -0.2) is 38.7 Å². The van der Waals surface area contributed by atoms with E-state index in [1.807, 2.05) is 17.5 Å². The van der Waals surface area contributed by atoms with Crippen molar-refractivity contribution in [2.45, 2.75) is 24.8 Å². The maximum absolute atomic E-state index is 12.6. The van der Waals surface area contributed by atoms with Crippen LogP contribution in [0, 0.1) is 0 Å². The van der Waals surface area contributed by atoms with Crippen LogP contribution >= 0.6 is 11.3 Å². The third-order valence-electron chi connectivity index (χ3n) is 2.37. The number of hydrogen-bond donors (Lipinski definition) is 1. The average molecular weight is 285 g/mol. The second-order valence-electron chi connectivity index (χ2n) is 3.85. The van der Waals surface area contributed by atoms with Crippen molar-refractivity contribution in [2.24, 2.45) is 0 Å². The first-order valence-electron chi connectivity index (χ1n) is 5.39. The van der Waals surface area contributed by atoms with E-state index >= 15 is 0 Å². The van der Waals surface area contributed by atoms with E-state index in [9.17, 15) is 17.6 Å². The number of halogens is 4. The van der Waals surface area contributed by atoms with Crippen LogP contribution in [0.5, 0.6) is 0 Å². The van der Waals surface area contributed by atoms with Gasteiger partial charge in [-0.2, -0.15) is 8.78 Å². The highest BCUT2D eigenvalue weighted by Crippen LogP contribution is 2.23. The number of nitrogens with one attached hydrogen (secondary N) is 1. The van der Waals surface area contributed by atoms with Gasteiger partial charge in [-0.05, 0) is 24.9 Å². The van der Waals surface area contributed by atoms with Gasteiger partial charge in [0.15, 0.2) is 0 Å². The molecule has 0 saturated heterocycles. The van der Waals surface area contributed by atoms with Crippen LogP contribution in [0.25, 0.3) is 0 Å². The summed E-state index contributed by atoms with van der Waals surface area (Å²) in [5.41, 5.74) is 0. The number of rotatable bonds is 8. The summed E-state index contributed by atoms with van der Waals surface area (Å²) in [5, 5.41) is 4.82. The minimum Gasteiger partial charge on any atom is -0.373 e. The molecule has 0 bridgehead atoms. The average Bonchev–Trinajstić information content (AvgIpc) is 2.80. The van der Waals surface area contributed by atoms with Gasteiger partial charge in [-0.15, -0.1) is 11.3 Å². The van der Waals surface area contributed by atoms with Crippen molar-refractivity contribution in [3.05, 3.63) is 22.4 Å². The summed E-state index contributed by atoms with van der Waals surface area (Å²) >= 11 is 1.55. The lowest BCUT2D eigenvalue weighted by Gasteiger charge is -2.19. The van der Waals surface area contributed by atoms with E-state index in [2.05, 4.69) is 10.1 Å². The fourth-order valence-corrected chi connectivity index (χ4v) is 2.10. The quantitative estimate of drug-likeness (QED) is 0.742. The number of alkyl halides is 4. The van der Waals surface area contributed by atoms with Crippen molar-refractivity contribution in [2.75, 3.05) is 20.3 Å². The third-order valence-corrected chi connectivity index (χ3v) is 3.27. The van der Waals surface area contributed by atoms with Crippen molar-refractivity contribution < 1.29 is 22.3 Å². The van der Waals surface area contributed by atoms with E-state index in [1.165, 1.54) is 0 Å². The fourth-order valence-electron chi connectivity index (χ4n) is 1.32. The molecule has 1 unspecified atom stereocenters. The van der Waals surface area contributed by atoms with Crippen LogP contribution in [-0.2, 0) is 11.2 Å². The summed E-state index contributed by atoms with van der Waals surface area (Å²) in [7, 11) is 1.67. The van der Waals surface area contributed by atoms with Gasteiger partial charge < -0.3 is 10.1 Å². The molecule has 0 radical (unpaired) electrons. The highest BCUT2D eigenvalue weighted by Gasteiger charge is 2.41. The molecule has 0 amide bonds. The number of likely N-dealkylation sites (N-methyl/N-ethyl adjacent to an activating group) is 1. The summed E-state index contributed by atoms with van der Waals surface area (Å²) in [6, 6.07) is 3.64. The van der Waals surface area contributed by atoms with Crippen molar-refractivity contribution in [3.63, 3.8) is 0 Å². The Morgan fingerprint density at radius 2 is 2.17 bits per heavy atom. The van der Waals surface area contributed by atoms with E-state index in [1.54, 1.807) is 18.4 Å². The van der Waals surface area contributed by atoms with Crippen LogP contribution in [0.2, 0.25) is 0 Å².